The molecule has 1 aliphatic heterocycles. The summed E-state index contributed by atoms with van der Waals surface area (Å²) in [7, 11) is 0. The van der Waals surface area contributed by atoms with Gasteiger partial charge in [-0.1, -0.05) is 60.7 Å². The fraction of sp³-hybridized carbons (Fsp3) is 0.269. The zero-order valence-electron chi connectivity index (χ0n) is 18.7. The summed E-state index contributed by atoms with van der Waals surface area (Å²) in [5.41, 5.74) is 1.75. The summed E-state index contributed by atoms with van der Waals surface area (Å²) < 4.78 is 0. The quantitative estimate of drug-likeness (QED) is 0.634. The molecule has 7 nitrogen and oxygen atoms in total. The molecule has 1 aliphatic rings. The number of nitrogens with one attached hydrogen (secondary N) is 2. The second-order valence-corrected chi connectivity index (χ2v) is 8.20. The summed E-state index contributed by atoms with van der Waals surface area (Å²) in [4.78, 5) is 41.2. The van der Waals surface area contributed by atoms with Gasteiger partial charge in [0, 0.05) is 45.2 Å². The fourth-order valence-electron chi connectivity index (χ4n) is 4.21. The van der Waals surface area contributed by atoms with Crippen LogP contribution in [0.3, 0.4) is 0 Å². The highest BCUT2D eigenvalue weighted by Crippen LogP contribution is 2.20. The second-order valence-electron chi connectivity index (χ2n) is 8.20. The highest BCUT2D eigenvalue weighted by molar-refractivity contribution is 5.91. The molecule has 0 bridgehead atoms. The number of benzene rings is 3. The monoisotopic (exact) mass is 444 g/mol. The van der Waals surface area contributed by atoms with Crippen LogP contribution in [0.4, 0.5) is 10.5 Å². The first-order chi connectivity index (χ1) is 16.0. The highest BCUT2D eigenvalue weighted by atomic mass is 16.2. The first kappa shape index (κ1) is 22.3. The number of hydrogen-bond acceptors (Lipinski definition) is 3. The van der Waals surface area contributed by atoms with Gasteiger partial charge in [-0.25, -0.2) is 4.79 Å². The molecule has 0 spiro atoms. The highest BCUT2D eigenvalue weighted by Gasteiger charge is 2.30. The summed E-state index contributed by atoms with van der Waals surface area (Å²) >= 11 is 0. The first-order valence-corrected chi connectivity index (χ1v) is 11.1. The van der Waals surface area contributed by atoms with E-state index in [1.165, 1.54) is 6.92 Å². The molecule has 3 aromatic carbocycles. The number of amides is 4. The van der Waals surface area contributed by atoms with Gasteiger partial charge in [0.05, 0.1) is 0 Å². The minimum atomic E-state index is -0.655. The zero-order valence-corrected chi connectivity index (χ0v) is 18.7. The van der Waals surface area contributed by atoms with E-state index in [-0.39, 0.29) is 17.8 Å². The Morgan fingerprint density at radius 3 is 2.18 bits per heavy atom. The van der Waals surface area contributed by atoms with Crippen LogP contribution in [0.15, 0.2) is 72.8 Å². The SMILES string of the molecule is CC(=O)N[C@H](Cc1cccc2ccccc12)C(=O)N1CCN(C(=O)Nc2ccccc2)CC1. The van der Waals surface area contributed by atoms with Crippen LogP contribution in [-0.4, -0.2) is 59.9 Å². The molecule has 0 saturated carbocycles. The number of piperazine rings is 1. The summed E-state index contributed by atoms with van der Waals surface area (Å²) in [6.45, 7) is 3.14. The van der Waals surface area contributed by atoms with Gasteiger partial charge in [-0.2, -0.15) is 0 Å². The fourth-order valence-corrected chi connectivity index (χ4v) is 4.21. The summed E-state index contributed by atoms with van der Waals surface area (Å²) in [5.74, 6) is -0.365. The van der Waals surface area contributed by atoms with Gasteiger partial charge >= 0.3 is 6.03 Å². The molecule has 0 radical (unpaired) electrons. The number of nitrogens with zero attached hydrogens (tertiary/aromatic N) is 2. The Morgan fingerprint density at radius 1 is 0.818 bits per heavy atom. The summed E-state index contributed by atoms with van der Waals surface area (Å²) in [5, 5.41) is 7.89. The molecule has 170 valence electrons. The number of para-hydroxylation sites is 1. The van der Waals surface area contributed by atoms with Crippen molar-refractivity contribution in [1.82, 2.24) is 15.1 Å². The van der Waals surface area contributed by atoms with Crippen LogP contribution in [0.1, 0.15) is 12.5 Å². The van der Waals surface area contributed by atoms with E-state index in [1.807, 2.05) is 72.8 Å². The number of carbonyl (C=O) groups is 3. The minimum absolute atomic E-state index is 0.124. The summed E-state index contributed by atoms with van der Waals surface area (Å²) in [6.07, 6.45) is 0.411. The van der Waals surface area contributed by atoms with Gasteiger partial charge in [-0.15, -0.1) is 0 Å². The zero-order chi connectivity index (χ0) is 23.2. The molecule has 7 heteroatoms. The third-order valence-electron chi connectivity index (χ3n) is 5.88. The lowest BCUT2D eigenvalue weighted by atomic mass is 9.98. The average molecular weight is 445 g/mol. The number of anilines is 1. The van der Waals surface area contributed by atoms with Crippen LogP contribution in [0, 0.1) is 0 Å². The average Bonchev–Trinajstić information content (AvgIpc) is 2.84. The minimum Gasteiger partial charge on any atom is -0.344 e. The molecule has 4 amide bonds. The lowest BCUT2D eigenvalue weighted by molar-refractivity contribution is -0.137. The Kier molecular flexibility index (Phi) is 6.88. The van der Waals surface area contributed by atoms with E-state index in [2.05, 4.69) is 10.6 Å². The molecule has 1 heterocycles. The van der Waals surface area contributed by atoms with Gasteiger partial charge in [0.15, 0.2) is 0 Å². The Bertz CT molecular complexity index is 1140. The van der Waals surface area contributed by atoms with Crippen LogP contribution < -0.4 is 10.6 Å². The molecule has 0 aliphatic carbocycles. The maximum Gasteiger partial charge on any atom is 0.321 e. The summed E-state index contributed by atoms with van der Waals surface area (Å²) in [6, 6.07) is 22.5. The third kappa shape index (κ3) is 5.49. The van der Waals surface area contributed by atoms with E-state index < -0.39 is 6.04 Å². The van der Waals surface area contributed by atoms with E-state index in [0.29, 0.717) is 32.6 Å². The molecule has 4 rings (SSSR count). The molecular weight excluding hydrogens is 416 g/mol. The van der Waals surface area contributed by atoms with Gasteiger partial charge in [-0.05, 0) is 28.5 Å². The molecule has 1 saturated heterocycles. The van der Waals surface area contributed by atoms with Crippen LogP contribution in [0.5, 0.6) is 0 Å². The van der Waals surface area contributed by atoms with Gasteiger partial charge < -0.3 is 20.4 Å². The maximum absolute atomic E-state index is 13.3. The predicted octanol–water partition coefficient (Wildman–Crippen LogP) is 3.26. The molecule has 33 heavy (non-hydrogen) atoms. The lowest BCUT2D eigenvalue weighted by Crippen LogP contribution is -2.56. The van der Waals surface area contributed by atoms with Crippen molar-refractivity contribution in [2.24, 2.45) is 0 Å². The van der Waals surface area contributed by atoms with Gasteiger partial charge in [-0.3, -0.25) is 9.59 Å². The predicted molar refractivity (Wildman–Crippen MR) is 129 cm³/mol. The number of carbonyl (C=O) groups excluding carboxylic acids is 3. The van der Waals surface area contributed by atoms with Crippen molar-refractivity contribution >= 4 is 34.3 Å². The number of hydrogen-bond donors (Lipinski definition) is 2. The van der Waals surface area contributed by atoms with E-state index >= 15 is 0 Å². The molecular formula is C26H28N4O3. The molecule has 0 aromatic heterocycles. The first-order valence-electron chi connectivity index (χ1n) is 11.1. The Hall–Kier alpha value is -3.87. The topological polar surface area (TPSA) is 81.8 Å². The standard InChI is InChI=1S/C26H28N4O3/c1-19(31)27-24(18-21-10-7-9-20-8-5-6-13-23(20)21)25(32)29-14-16-30(17-15-29)26(33)28-22-11-3-2-4-12-22/h2-13,24H,14-18H2,1H3,(H,27,31)(H,28,33)/t24-/m1/s1. The molecule has 3 aromatic rings. The third-order valence-corrected chi connectivity index (χ3v) is 5.88. The van der Waals surface area contributed by atoms with Crippen molar-refractivity contribution in [2.75, 3.05) is 31.5 Å². The van der Waals surface area contributed by atoms with Crippen LogP contribution in [0.2, 0.25) is 0 Å². The Morgan fingerprint density at radius 2 is 1.45 bits per heavy atom. The second kappa shape index (κ2) is 10.2. The Labute approximate surface area is 193 Å². The van der Waals surface area contributed by atoms with E-state index in [4.69, 9.17) is 0 Å². The van der Waals surface area contributed by atoms with Crippen molar-refractivity contribution < 1.29 is 14.4 Å². The molecule has 2 N–H and O–H groups in total. The maximum atomic E-state index is 13.3. The van der Waals surface area contributed by atoms with Gasteiger partial charge in [0.2, 0.25) is 11.8 Å². The molecule has 1 fully saturated rings. The normalized spacial score (nSPS) is 14.6. The van der Waals surface area contributed by atoms with Crippen LogP contribution in [-0.2, 0) is 16.0 Å². The lowest BCUT2D eigenvalue weighted by Gasteiger charge is -2.36. The van der Waals surface area contributed by atoms with Crippen LogP contribution >= 0.6 is 0 Å². The van der Waals surface area contributed by atoms with E-state index in [1.54, 1.807) is 9.80 Å². The number of fused-ring (bicyclic) bond motifs is 1. The van der Waals surface area contributed by atoms with Gasteiger partial charge in [0.1, 0.15) is 6.04 Å². The number of rotatable bonds is 5. The Balaban J connectivity index is 1.41. The van der Waals surface area contributed by atoms with Crippen molar-refractivity contribution in [1.29, 1.82) is 0 Å². The van der Waals surface area contributed by atoms with Crippen molar-refractivity contribution in [2.45, 2.75) is 19.4 Å². The van der Waals surface area contributed by atoms with E-state index in [0.717, 1.165) is 22.0 Å². The molecule has 1 atom stereocenters. The van der Waals surface area contributed by atoms with Crippen molar-refractivity contribution in [3.8, 4) is 0 Å². The number of urea groups is 1. The van der Waals surface area contributed by atoms with Crippen LogP contribution in [0.25, 0.3) is 10.8 Å². The van der Waals surface area contributed by atoms with Crippen molar-refractivity contribution in [3.05, 3.63) is 78.4 Å². The van der Waals surface area contributed by atoms with Gasteiger partial charge in [0.25, 0.3) is 0 Å². The molecule has 0 unspecified atom stereocenters. The largest absolute Gasteiger partial charge is 0.344 e. The van der Waals surface area contributed by atoms with Crippen molar-refractivity contribution in [3.63, 3.8) is 0 Å². The van der Waals surface area contributed by atoms with E-state index in [9.17, 15) is 14.4 Å². The smallest absolute Gasteiger partial charge is 0.321 e.